The van der Waals surface area contributed by atoms with Crippen molar-refractivity contribution in [3.8, 4) is 5.75 Å². The standard InChI is InChI=1S/C22H24ClN3O2S/c1-13-10-14(2)21(16(4)27)15(3)19(13)12-29-22-25-24-20(26(22)5)11-28-18-8-6-17(23)7-9-18/h6-10H,11-12H2,1-5H3. The molecule has 0 aliphatic carbocycles. The summed E-state index contributed by atoms with van der Waals surface area (Å²) in [6, 6.07) is 9.31. The average Bonchev–Trinajstić information content (AvgIpc) is 3.00. The number of rotatable bonds is 7. The smallest absolute Gasteiger partial charge is 0.191 e. The fourth-order valence-corrected chi connectivity index (χ4v) is 4.64. The third-order valence-electron chi connectivity index (χ3n) is 4.94. The molecule has 0 fully saturated rings. The van der Waals surface area contributed by atoms with E-state index in [1.807, 2.05) is 37.6 Å². The van der Waals surface area contributed by atoms with Crippen LogP contribution < -0.4 is 4.74 Å². The molecule has 0 spiro atoms. The van der Waals surface area contributed by atoms with Gasteiger partial charge in [-0.1, -0.05) is 29.4 Å². The third-order valence-corrected chi connectivity index (χ3v) is 6.23. The monoisotopic (exact) mass is 429 g/mol. The lowest BCUT2D eigenvalue weighted by atomic mass is 9.92. The quantitative estimate of drug-likeness (QED) is 0.368. The summed E-state index contributed by atoms with van der Waals surface area (Å²) in [4.78, 5) is 12.0. The highest BCUT2D eigenvalue weighted by Gasteiger charge is 2.16. The van der Waals surface area contributed by atoms with Crippen molar-refractivity contribution in [1.82, 2.24) is 14.8 Å². The van der Waals surface area contributed by atoms with Gasteiger partial charge in [-0.15, -0.1) is 10.2 Å². The molecule has 0 aliphatic heterocycles. The number of hydrogen-bond acceptors (Lipinski definition) is 5. The number of aromatic nitrogens is 3. The second-order valence-electron chi connectivity index (χ2n) is 7.03. The average molecular weight is 430 g/mol. The van der Waals surface area contributed by atoms with Crippen LogP contribution in [0.5, 0.6) is 5.75 Å². The number of carbonyl (C=O) groups excluding carboxylic acids is 1. The van der Waals surface area contributed by atoms with E-state index >= 15 is 0 Å². The molecule has 0 aliphatic rings. The van der Waals surface area contributed by atoms with Gasteiger partial charge in [-0.05, 0) is 74.2 Å². The van der Waals surface area contributed by atoms with Gasteiger partial charge in [-0.2, -0.15) is 0 Å². The summed E-state index contributed by atoms with van der Waals surface area (Å²) >= 11 is 7.50. The van der Waals surface area contributed by atoms with E-state index in [0.717, 1.165) is 39.2 Å². The molecule has 5 nitrogen and oxygen atoms in total. The summed E-state index contributed by atoms with van der Waals surface area (Å²) in [6.07, 6.45) is 0. The van der Waals surface area contributed by atoms with E-state index in [2.05, 4.69) is 23.2 Å². The lowest BCUT2D eigenvalue weighted by molar-refractivity contribution is 0.101. The first-order valence-corrected chi connectivity index (χ1v) is 10.6. The van der Waals surface area contributed by atoms with Gasteiger partial charge in [0.1, 0.15) is 12.4 Å². The van der Waals surface area contributed by atoms with Crippen LogP contribution in [0.2, 0.25) is 5.02 Å². The van der Waals surface area contributed by atoms with Crippen molar-refractivity contribution >= 4 is 29.1 Å². The second-order valence-corrected chi connectivity index (χ2v) is 8.41. The van der Waals surface area contributed by atoms with Gasteiger partial charge in [0.15, 0.2) is 16.8 Å². The SMILES string of the molecule is CC(=O)c1c(C)cc(C)c(CSc2nnc(COc3ccc(Cl)cc3)n2C)c1C. The molecule has 1 heterocycles. The molecule has 0 radical (unpaired) electrons. The Morgan fingerprint density at radius 2 is 1.83 bits per heavy atom. The predicted octanol–water partition coefficient (Wildman–Crippen LogP) is 5.47. The fraction of sp³-hybridized carbons (Fsp3) is 0.318. The van der Waals surface area contributed by atoms with Crippen molar-refractivity contribution in [3.05, 3.63) is 69.0 Å². The van der Waals surface area contributed by atoms with E-state index in [9.17, 15) is 4.79 Å². The van der Waals surface area contributed by atoms with Gasteiger partial charge in [0.25, 0.3) is 0 Å². The zero-order valence-electron chi connectivity index (χ0n) is 17.2. The minimum Gasteiger partial charge on any atom is -0.486 e. The minimum absolute atomic E-state index is 0.103. The molecule has 0 saturated heterocycles. The molecular weight excluding hydrogens is 406 g/mol. The Bertz CT molecular complexity index is 1050. The Labute approximate surface area is 180 Å². The lowest BCUT2D eigenvalue weighted by Crippen LogP contribution is -2.06. The molecule has 0 unspecified atom stereocenters. The van der Waals surface area contributed by atoms with Gasteiger partial charge in [-0.3, -0.25) is 4.79 Å². The zero-order chi connectivity index (χ0) is 21.1. The van der Waals surface area contributed by atoms with E-state index in [4.69, 9.17) is 16.3 Å². The number of Topliss-reactive ketones (excluding diaryl/α,β-unsaturated/α-hetero) is 1. The normalized spacial score (nSPS) is 11.0. The molecule has 1 aromatic heterocycles. The van der Waals surface area contributed by atoms with E-state index in [1.54, 1.807) is 30.8 Å². The number of ether oxygens (including phenoxy) is 1. The molecule has 0 bridgehead atoms. The predicted molar refractivity (Wildman–Crippen MR) is 117 cm³/mol. The van der Waals surface area contributed by atoms with Crippen LogP contribution in [-0.4, -0.2) is 20.5 Å². The molecule has 0 saturated carbocycles. The largest absolute Gasteiger partial charge is 0.486 e. The van der Waals surface area contributed by atoms with E-state index in [0.29, 0.717) is 11.6 Å². The van der Waals surface area contributed by atoms with Gasteiger partial charge in [0.2, 0.25) is 0 Å². The molecule has 0 atom stereocenters. The van der Waals surface area contributed by atoms with Crippen LogP contribution in [-0.2, 0) is 19.4 Å². The molecule has 29 heavy (non-hydrogen) atoms. The fourth-order valence-electron chi connectivity index (χ4n) is 3.40. The zero-order valence-corrected chi connectivity index (χ0v) is 18.8. The van der Waals surface area contributed by atoms with Crippen molar-refractivity contribution in [2.45, 2.75) is 45.2 Å². The molecule has 0 N–H and O–H groups in total. The Morgan fingerprint density at radius 1 is 1.14 bits per heavy atom. The summed E-state index contributed by atoms with van der Waals surface area (Å²) < 4.78 is 7.70. The Balaban J connectivity index is 1.72. The highest BCUT2D eigenvalue weighted by atomic mass is 35.5. The van der Waals surface area contributed by atoms with Gasteiger partial charge in [0, 0.05) is 23.4 Å². The highest BCUT2D eigenvalue weighted by Crippen LogP contribution is 2.29. The molecule has 3 aromatic rings. The first kappa shape index (κ1) is 21.4. The number of aryl methyl sites for hydroxylation is 2. The first-order chi connectivity index (χ1) is 13.8. The van der Waals surface area contributed by atoms with Crippen molar-refractivity contribution in [2.75, 3.05) is 0 Å². The lowest BCUT2D eigenvalue weighted by Gasteiger charge is -2.15. The number of ketones is 1. The van der Waals surface area contributed by atoms with Crippen molar-refractivity contribution in [1.29, 1.82) is 0 Å². The van der Waals surface area contributed by atoms with E-state index in [-0.39, 0.29) is 5.78 Å². The maximum Gasteiger partial charge on any atom is 0.191 e. The summed E-state index contributed by atoms with van der Waals surface area (Å²) in [5.74, 6) is 2.30. The molecule has 2 aromatic carbocycles. The Morgan fingerprint density at radius 3 is 2.48 bits per heavy atom. The summed E-state index contributed by atoms with van der Waals surface area (Å²) in [5, 5.41) is 10.0. The van der Waals surface area contributed by atoms with Crippen LogP contribution >= 0.6 is 23.4 Å². The van der Waals surface area contributed by atoms with Gasteiger partial charge in [-0.25, -0.2) is 0 Å². The number of benzene rings is 2. The van der Waals surface area contributed by atoms with Gasteiger partial charge in [0.05, 0.1) is 0 Å². The Kier molecular flexibility index (Phi) is 6.65. The maximum absolute atomic E-state index is 12.0. The van der Waals surface area contributed by atoms with Crippen LogP contribution in [0, 0.1) is 20.8 Å². The van der Waals surface area contributed by atoms with Crippen molar-refractivity contribution < 1.29 is 9.53 Å². The summed E-state index contributed by atoms with van der Waals surface area (Å²) in [6.45, 7) is 8.04. The van der Waals surface area contributed by atoms with Gasteiger partial charge >= 0.3 is 0 Å². The van der Waals surface area contributed by atoms with Crippen LogP contribution in [0.4, 0.5) is 0 Å². The number of nitrogens with zero attached hydrogens (tertiary/aromatic N) is 3. The van der Waals surface area contributed by atoms with Crippen LogP contribution in [0.3, 0.4) is 0 Å². The second kappa shape index (κ2) is 9.01. The third kappa shape index (κ3) is 4.82. The molecule has 3 rings (SSSR count). The van der Waals surface area contributed by atoms with Crippen LogP contribution in [0.1, 0.15) is 45.4 Å². The minimum atomic E-state index is 0.103. The van der Waals surface area contributed by atoms with E-state index < -0.39 is 0 Å². The molecular formula is C22H24ClN3O2S. The van der Waals surface area contributed by atoms with Crippen molar-refractivity contribution in [3.63, 3.8) is 0 Å². The van der Waals surface area contributed by atoms with Crippen LogP contribution in [0.25, 0.3) is 0 Å². The van der Waals surface area contributed by atoms with Crippen molar-refractivity contribution in [2.24, 2.45) is 7.05 Å². The van der Waals surface area contributed by atoms with E-state index in [1.165, 1.54) is 11.1 Å². The summed E-state index contributed by atoms with van der Waals surface area (Å²) in [7, 11) is 1.93. The highest BCUT2D eigenvalue weighted by molar-refractivity contribution is 7.98. The molecule has 152 valence electrons. The first-order valence-electron chi connectivity index (χ1n) is 9.28. The summed E-state index contributed by atoms with van der Waals surface area (Å²) in [5.41, 5.74) is 5.26. The topological polar surface area (TPSA) is 57.0 Å². The van der Waals surface area contributed by atoms with Gasteiger partial charge < -0.3 is 9.30 Å². The molecule has 0 amide bonds. The molecule has 7 heteroatoms. The number of thioether (sulfide) groups is 1. The number of carbonyl (C=O) groups is 1. The number of hydrogen-bond donors (Lipinski definition) is 0. The maximum atomic E-state index is 12.0. The number of halogens is 1. The Hall–Kier alpha value is -2.31. The van der Waals surface area contributed by atoms with Crippen LogP contribution in [0.15, 0.2) is 35.5 Å².